The highest BCUT2D eigenvalue weighted by Gasteiger charge is 2.33. The van der Waals surface area contributed by atoms with Crippen molar-refractivity contribution >= 4 is 23.2 Å². The molecule has 1 fully saturated rings. The summed E-state index contributed by atoms with van der Waals surface area (Å²) in [6.07, 6.45) is 1.58. The number of carbonyl (C=O) groups excluding carboxylic acids is 2. The molecule has 0 bridgehead atoms. The van der Waals surface area contributed by atoms with Crippen LogP contribution in [0.4, 0.5) is 15.8 Å². The molecule has 0 radical (unpaired) electrons. The van der Waals surface area contributed by atoms with E-state index >= 15 is 4.39 Å². The number of anilines is 2. The van der Waals surface area contributed by atoms with Crippen molar-refractivity contribution in [2.24, 2.45) is 0 Å². The summed E-state index contributed by atoms with van der Waals surface area (Å²) in [6.45, 7) is 13.6. The molecule has 1 aliphatic rings. The highest BCUT2D eigenvalue weighted by Crippen LogP contribution is 2.29. The number of nitrogens with zero attached hydrogens (tertiary/aromatic N) is 5. The minimum Gasteiger partial charge on any atom is -0.367 e. The fourth-order valence-electron chi connectivity index (χ4n) is 5.12. The number of piperazine rings is 1. The van der Waals surface area contributed by atoms with Gasteiger partial charge >= 0.3 is 0 Å². The van der Waals surface area contributed by atoms with Crippen LogP contribution in [0.2, 0.25) is 0 Å². The molecule has 1 saturated heterocycles. The number of benzene rings is 2. The van der Waals surface area contributed by atoms with Gasteiger partial charge in [-0.3, -0.25) is 19.2 Å². The Morgan fingerprint density at radius 2 is 1.67 bits per heavy atom. The SMILES string of the molecule is CCN(CC)C(=O)C(c1ccccc1)N1CCN(c2ccc(NC(=O)c3ccnn3C(C)(C)C)cc2F)CC1. The predicted molar refractivity (Wildman–Crippen MR) is 152 cm³/mol. The molecule has 2 heterocycles. The fourth-order valence-corrected chi connectivity index (χ4v) is 5.12. The van der Waals surface area contributed by atoms with Crippen LogP contribution >= 0.6 is 0 Å². The van der Waals surface area contributed by atoms with Crippen LogP contribution in [0.15, 0.2) is 60.8 Å². The van der Waals surface area contributed by atoms with Gasteiger partial charge in [0.25, 0.3) is 5.91 Å². The summed E-state index contributed by atoms with van der Waals surface area (Å²) in [5, 5.41) is 7.05. The Hall–Kier alpha value is -3.72. The number of nitrogens with one attached hydrogen (secondary N) is 1. The Labute approximate surface area is 230 Å². The molecule has 1 N–H and O–H groups in total. The molecule has 208 valence electrons. The lowest BCUT2D eigenvalue weighted by Gasteiger charge is -2.41. The standard InChI is InChI=1S/C30H39FN6O2/c1-6-34(7-2)29(39)27(22-11-9-8-10-12-22)36-19-17-35(18-20-36)25-14-13-23(21-24(25)31)33-28(38)26-15-16-32-37(26)30(3,4)5/h8-16,21,27H,6-7,17-20H2,1-5H3,(H,33,38). The van der Waals surface area contributed by atoms with E-state index in [1.54, 1.807) is 29.1 Å². The van der Waals surface area contributed by atoms with Gasteiger partial charge in [-0.25, -0.2) is 4.39 Å². The van der Waals surface area contributed by atoms with E-state index < -0.39 is 5.82 Å². The lowest BCUT2D eigenvalue weighted by molar-refractivity contribution is -0.137. The van der Waals surface area contributed by atoms with E-state index in [0.717, 1.165) is 5.56 Å². The van der Waals surface area contributed by atoms with Gasteiger partial charge in [-0.2, -0.15) is 5.10 Å². The summed E-state index contributed by atoms with van der Waals surface area (Å²) >= 11 is 0. The van der Waals surface area contributed by atoms with E-state index in [1.807, 2.05) is 74.8 Å². The molecule has 0 saturated carbocycles. The molecule has 0 spiro atoms. The second-order valence-corrected chi connectivity index (χ2v) is 10.8. The normalized spacial score (nSPS) is 15.2. The lowest BCUT2D eigenvalue weighted by atomic mass is 10.0. The summed E-state index contributed by atoms with van der Waals surface area (Å²) in [5.74, 6) is -0.642. The van der Waals surface area contributed by atoms with Gasteiger partial charge in [-0.05, 0) is 64.4 Å². The van der Waals surface area contributed by atoms with Crippen LogP contribution in [0.3, 0.4) is 0 Å². The van der Waals surface area contributed by atoms with Gasteiger partial charge in [-0.15, -0.1) is 0 Å². The van der Waals surface area contributed by atoms with E-state index in [-0.39, 0.29) is 23.4 Å². The third kappa shape index (κ3) is 6.30. The number of aromatic nitrogens is 2. The number of hydrogen-bond donors (Lipinski definition) is 1. The molecule has 1 aromatic heterocycles. The molecule has 39 heavy (non-hydrogen) atoms. The first-order chi connectivity index (χ1) is 18.6. The fraction of sp³-hybridized carbons (Fsp3) is 0.433. The maximum atomic E-state index is 15.3. The Bertz CT molecular complexity index is 1270. The molecule has 1 unspecified atom stereocenters. The van der Waals surface area contributed by atoms with Crippen molar-refractivity contribution in [1.82, 2.24) is 19.6 Å². The maximum Gasteiger partial charge on any atom is 0.273 e. The second-order valence-electron chi connectivity index (χ2n) is 10.8. The maximum absolute atomic E-state index is 15.3. The molecule has 9 heteroatoms. The van der Waals surface area contributed by atoms with E-state index in [1.165, 1.54) is 6.07 Å². The minimum absolute atomic E-state index is 0.0960. The Kier molecular flexibility index (Phi) is 8.70. The highest BCUT2D eigenvalue weighted by atomic mass is 19.1. The van der Waals surface area contributed by atoms with Gasteiger partial charge in [0, 0.05) is 51.2 Å². The third-order valence-electron chi connectivity index (χ3n) is 7.16. The summed E-state index contributed by atoms with van der Waals surface area (Å²) in [4.78, 5) is 32.4. The van der Waals surface area contributed by atoms with E-state index in [0.29, 0.717) is 56.3 Å². The summed E-state index contributed by atoms with van der Waals surface area (Å²) in [5.41, 5.74) is 1.90. The Morgan fingerprint density at radius 1 is 1.00 bits per heavy atom. The smallest absolute Gasteiger partial charge is 0.273 e. The first-order valence-electron chi connectivity index (χ1n) is 13.6. The number of likely N-dealkylation sites (N-methyl/N-ethyl adjacent to an activating group) is 1. The number of amides is 2. The van der Waals surface area contributed by atoms with E-state index in [9.17, 15) is 9.59 Å². The molecular formula is C30H39FN6O2. The van der Waals surface area contributed by atoms with E-state index in [4.69, 9.17) is 0 Å². The van der Waals surface area contributed by atoms with Crippen molar-refractivity contribution in [2.45, 2.75) is 46.2 Å². The molecule has 1 aliphatic heterocycles. The largest absolute Gasteiger partial charge is 0.367 e. The number of rotatable bonds is 8. The first kappa shape index (κ1) is 28.3. The third-order valence-corrected chi connectivity index (χ3v) is 7.16. The molecule has 3 aromatic rings. The predicted octanol–water partition coefficient (Wildman–Crippen LogP) is 4.76. The molecule has 2 aromatic carbocycles. The lowest BCUT2D eigenvalue weighted by Crippen LogP contribution is -2.51. The zero-order chi connectivity index (χ0) is 28.2. The summed E-state index contributed by atoms with van der Waals surface area (Å²) < 4.78 is 16.9. The highest BCUT2D eigenvalue weighted by molar-refractivity contribution is 6.03. The molecular weight excluding hydrogens is 495 g/mol. The van der Waals surface area contributed by atoms with Crippen LogP contribution in [-0.4, -0.2) is 70.7 Å². The van der Waals surface area contributed by atoms with Crippen molar-refractivity contribution in [1.29, 1.82) is 0 Å². The summed E-state index contributed by atoms with van der Waals surface area (Å²) in [7, 11) is 0. The van der Waals surface area contributed by atoms with Crippen LogP contribution < -0.4 is 10.2 Å². The average Bonchev–Trinajstić information content (AvgIpc) is 3.42. The topological polar surface area (TPSA) is 73.7 Å². The van der Waals surface area contributed by atoms with Crippen LogP contribution in [-0.2, 0) is 10.3 Å². The van der Waals surface area contributed by atoms with Gasteiger partial charge in [0.1, 0.15) is 17.6 Å². The van der Waals surface area contributed by atoms with Gasteiger partial charge in [0.2, 0.25) is 5.91 Å². The Balaban J connectivity index is 1.45. The van der Waals surface area contributed by atoms with E-state index in [2.05, 4.69) is 15.3 Å². The number of halogens is 1. The van der Waals surface area contributed by atoms with Gasteiger partial charge in [0.15, 0.2) is 0 Å². The van der Waals surface area contributed by atoms with Crippen LogP contribution in [0.5, 0.6) is 0 Å². The number of carbonyl (C=O) groups is 2. The molecule has 0 aliphatic carbocycles. The van der Waals surface area contributed by atoms with Crippen molar-refractivity contribution in [3.8, 4) is 0 Å². The zero-order valence-electron chi connectivity index (χ0n) is 23.5. The van der Waals surface area contributed by atoms with Crippen LogP contribution in [0.1, 0.15) is 56.7 Å². The first-order valence-corrected chi connectivity index (χ1v) is 13.6. The zero-order valence-corrected chi connectivity index (χ0v) is 23.5. The quantitative estimate of drug-likeness (QED) is 0.451. The minimum atomic E-state index is -0.399. The Morgan fingerprint density at radius 3 is 2.26 bits per heavy atom. The molecule has 4 rings (SSSR count). The summed E-state index contributed by atoms with van der Waals surface area (Å²) in [6, 6.07) is 15.9. The molecule has 8 nitrogen and oxygen atoms in total. The van der Waals surface area contributed by atoms with Crippen molar-refractivity contribution in [2.75, 3.05) is 49.5 Å². The van der Waals surface area contributed by atoms with Gasteiger partial charge < -0.3 is 15.1 Å². The van der Waals surface area contributed by atoms with Crippen molar-refractivity contribution in [3.05, 3.63) is 77.9 Å². The molecule has 2 amide bonds. The van der Waals surface area contributed by atoms with Crippen molar-refractivity contribution < 1.29 is 14.0 Å². The van der Waals surface area contributed by atoms with Gasteiger partial charge in [-0.1, -0.05) is 30.3 Å². The monoisotopic (exact) mass is 534 g/mol. The van der Waals surface area contributed by atoms with Crippen LogP contribution in [0, 0.1) is 5.82 Å². The average molecular weight is 535 g/mol. The van der Waals surface area contributed by atoms with Crippen LogP contribution in [0.25, 0.3) is 0 Å². The van der Waals surface area contributed by atoms with Gasteiger partial charge in [0.05, 0.1) is 11.2 Å². The second kappa shape index (κ2) is 12.0. The number of hydrogen-bond acceptors (Lipinski definition) is 5. The van der Waals surface area contributed by atoms with Crippen molar-refractivity contribution in [3.63, 3.8) is 0 Å². The molecule has 1 atom stereocenters.